The molecule has 0 spiro atoms. The number of H-pyrrole nitrogens is 1. The van der Waals surface area contributed by atoms with E-state index in [2.05, 4.69) is 29.0 Å². The van der Waals surface area contributed by atoms with E-state index in [1.807, 2.05) is 30.0 Å². The van der Waals surface area contributed by atoms with Gasteiger partial charge in [-0.15, -0.1) is 0 Å². The van der Waals surface area contributed by atoms with Crippen LogP contribution in [-0.4, -0.2) is 79.4 Å². The van der Waals surface area contributed by atoms with Gasteiger partial charge in [0.25, 0.3) is 0 Å². The van der Waals surface area contributed by atoms with Gasteiger partial charge in [0.15, 0.2) is 11.6 Å². The number of aromatic amines is 1. The highest BCUT2D eigenvalue weighted by molar-refractivity contribution is 5.86. The lowest BCUT2D eigenvalue weighted by Gasteiger charge is -2.38. The van der Waals surface area contributed by atoms with Crippen molar-refractivity contribution in [3.63, 3.8) is 0 Å². The van der Waals surface area contributed by atoms with Gasteiger partial charge < -0.3 is 34.5 Å². The van der Waals surface area contributed by atoms with E-state index in [1.54, 1.807) is 4.90 Å². The van der Waals surface area contributed by atoms with Gasteiger partial charge in [-0.3, -0.25) is 4.79 Å². The van der Waals surface area contributed by atoms with Crippen LogP contribution in [0.2, 0.25) is 0 Å². The Hall–Kier alpha value is -3.93. The first-order valence-electron chi connectivity index (χ1n) is 17.8. The number of carbonyl (C=O) groups is 2. The zero-order valence-electron chi connectivity index (χ0n) is 29.2. The van der Waals surface area contributed by atoms with E-state index >= 15 is 8.78 Å². The summed E-state index contributed by atoms with van der Waals surface area (Å²) in [7, 11) is 1.29. The number of aromatic nitrogens is 2. The highest BCUT2D eigenvalue weighted by Crippen LogP contribution is 2.40. The fourth-order valence-electron chi connectivity index (χ4n) is 7.67. The molecule has 0 saturated carbocycles. The van der Waals surface area contributed by atoms with Gasteiger partial charge in [-0.2, -0.15) is 0 Å². The van der Waals surface area contributed by atoms with E-state index in [9.17, 15) is 9.59 Å². The lowest BCUT2D eigenvalue weighted by Crippen LogP contribution is -2.53. The van der Waals surface area contributed by atoms with Gasteiger partial charge in [-0.05, 0) is 86.1 Å². The average Bonchev–Trinajstić information content (AvgIpc) is 3.74. The van der Waals surface area contributed by atoms with Gasteiger partial charge in [-0.25, -0.2) is 18.6 Å². The summed E-state index contributed by atoms with van der Waals surface area (Å²) in [6, 6.07) is 8.27. The molecule has 0 radical (unpaired) electrons. The van der Waals surface area contributed by atoms with Crippen molar-refractivity contribution < 1.29 is 27.8 Å². The van der Waals surface area contributed by atoms with Crippen molar-refractivity contribution in [2.24, 2.45) is 11.3 Å². The number of alkyl carbamates (subject to hydrolysis) is 1. The molecule has 4 heterocycles. The van der Waals surface area contributed by atoms with Gasteiger partial charge >= 0.3 is 6.09 Å². The molecule has 3 aliphatic rings. The van der Waals surface area contributed by atoms with Crippen molar-refractivity contribution >= 4 is 34.4 Å². The number of piperidine rings is 1. The normalized spacial score (nSPS) is 20.4. The Bertz CT molecular complexity index is 1610. The molecule has 1 unspecified atom stereocenters. The third-order valence-electron chi connectivity index (χ3n) is 10.6. The van der Waals surface area contributed by atoms with Gasteiger partial charge in [0.2, 0.25) is 5.91 Å². The van der Waals surface area contributed by atoms with Crippen LogP contribution >= 0.6 is 0 Å². The summed E-state index contributed by atoms with van der Waals surface area (Å²) in [5.41, 5.74) is 3.44. The number of carbonyl (C=O) groups excluding carboxylic acids is 2. The lowest BCUT2D eigenvalue weighted by atomic mass is 9.82. The van der Waals surface area contributed by atoms with Crippen molar-refractivity contribution in [2.45, 2.75) is 84.3 Å². The molecule has 3 saturated heterocycles. The van der Waals surface area contributed by atoms with E-state index in [-0.39, 0.29) is 35.5 Å². The SMILES string of the molecule is CCCN(Cc1nc2cc([C@H]3CCCN3c3cc(F)c(N4CCC(C)(C)CC4)c(F)c3)ccc2[nH]1)C(=O)C(NC(=O)OC)C1CCOCC1. The van der Waals surface area contributed by atoms with Crippen LogP contribution in [0.15, 0.2) is 30.3 Å². The number of benzene rings is 2. The molecule has 266 valence electrons. The molecular weight excluding hydrogens is 630 g/mol. The summed E-state index contributed by atoms with van der Waals surface area (Å²) in [6.45, 7) is 10.2. The second kappa shape index (κ2) is 14.9. The molecule has 12 heteroatoms. The summed E-state index contributed by atoms with van der Waals surface area (Å²) in [4.78, 5) is 40.0. The largest absolute Gasteiger partial charge is 0.453 e. The topological polar surface area (TPSA) is 103 Å². The zero-order valence-corrected chi connectivity index (χ0v) is 29.2. The number of methoxy groups -OCH3 is 1. The number of anilines is 2. The minimum absolute atomic E-state index is 0.0484. The van der Waals surface area contributed by atoms with Gasteiger partial charge in [-0.1, -0.05) is 26.8 Å². The van der Waals surface area contributed by atoms with Crippen LogP contribution in [0.1, 0.15) is 83.1 Å². The first-order chi connectivity index (χ1) is 23.6. The van der Waals surface area contributed by atoms with Crippen molar-refractivity contribution in [3.05, 3.63) is 53.4 Å². The third-order valence-corrected chi connectivity index (χ3v) is 10.6. The molecule has 1 aromatic heterocycles. The number of rotatable bonds is 10. The average molecular weight is 681 g/mol. The van der Waals surface area contributed by atoms with Crippen LogP contribution in [0.3, 0.4) is 0 Å². The van der Waals surface area contributed by atoms with Crippen molar-refractivity contribution in [3.8, 4) is 0 Å². The molecule has 10 nitrogen and oxygen atoms in total. The molecule has 2 atom stereocenters. The predicted octanol–water partition coefficient (Wildman–Crippen LogP) is 6.70. The van der Waals surface area contributed by atoms with E-state index in [0.29, 0.717) is 63.7 Å². The van der Waals surface area contributed by atoms with Crippen LogP contribution in [-0.2, 0) is 20.8 Å². The minimum atomic E-state index is -0.719. The van der Waals surface area contributed by atoms with Crippen molar-refractivity contribution in [1.82, 2.24) is 20.2 Å². The van der Waals surface area contributed by atoms with E-state index in [4.69, 9.17) is 14.5 Å². The number of halogens is 2. The van der Waals surface area contributed by atoms with Crippen LogP contribution in [0.25, 0.3) is 11.0 Å². The fraction of sp³-hybridized carbons (Fsp3) is 0.595. The number of imidazole rings is 1. The Balaban J connectivity index is 1.19. The molecule has 2 amide bonds. The maximum Gasteiger partial charge on any atom is 0.407 e. The van der Waals surface area contributed by atoms with Crippen LogP contribution < -0.4 is 15.1 Å². The molecule has 2 N–H and O–H groups in total. The first-order valence-corrected chi connectivity index (χ1v) is 17.8. The van der Waals surface area contributed by atoms with Crippen molar-refractivity contribution in [1.29, 1.82) is 0 Å². The number of fused-ring (bicyclic) bond motifs is 1. The second-order valence-corrected chi connectivity index (χ2v) is 14.5. The molecule has 3 fully saturated rings. The molecule has 6 rings (SSSR count). The first kappa shape index (κ1) is 34.9. The molecule has 3 aromatic rings. The Labute approximate surface area is 287 Å². The summed E-state index contributed by atoms with van der Waals surface area (Å²) >= 11 is 0. The van der Waals surface area contributed by atoms with Crippen molar-refractivity contribution in [2.75, 3.05) is 56.3 Å². The summed E-state index contributed by atoms with van der Waals surface area (Å²) < 4.78 is 41.4. The van der Waals surface area contributed by atoms with Gasteiger partial charge in [0.1, 0.15) is 17.6 Å². The number of hydrogen-bond acceptors (Lipinski definition) is 7. The quantitative estimate of drug-likeness (QED) is 0.246. The fourth-order valence-corrected chi connectivity index (χ4v) is 7.67. The number of nitrogens with zero attached hydrogens (tertiary/aromatic N) is 4. The number of amides is 2. The second-order valence-electron chi connectivity index (χ2n) is 14.5. The van der Waals surface area contributed by atoms with E-state index in [0.717, 1.165) is 48.7 Å². The molecule has 49 heavy (non-hydrogen) atoms. The maximum atomic E-state index is 15.6. The minimum Gasteiger partial charge on any atom is -0.453 e. The van der Waals surface area contributed by atoms with Gasteiger partial charge in [0, 0.05) is 45.1 Å². The van der Waals surface area contributed by atoms with Gasteiger partial charge in [0.05, 0.1) is 30.7 Å². The Morgan fingerprint density at radius 2 is 1.82 bits per heavy atom. The number of nitrogens with one attached hydrogen (secondary N) is 2. The Kier molecular flexibility index (Phi) is 10.6. The molecule has 0 bridgehead atoms. The molecular formula is C37H50F2N6O4. The monoisotopic (exact) mass is 680 g/mol. The third kappa shape index (κ3) is 7.79. The summed E-state index contributed by atoms with van der Waals surface area (Å²) in [5.74, 6) is -0.611. The Morgan fingerprint density at radius 1 is 1.10 bits per heavy atom. The molecule has 2 aromatic carbocycles. The predicted molar refractivity (Wildman–Crippen MR) is 186 cm³/mol. The maximum absolute atomic E-state index is 15.6. The Morgan fingerprint density at radius 3 is 2.49 bits per heavy atom. The number of hydrogen-bond donors (Lipinski definition) is 2. The number of ether oxygens (including phenoxy) is 2. The lowest BCUT2D eigenvalue weighted by molar-refractivity contribution is -0.136. The zero-order chi connectivity index (χ0) is 34.7. The molecule has 3 aliphatic heterocycles. The highest BCUT2D eigenvalue weighted by Gasteiger charge is 2.35. The molecule has 0 aliphatic carbocycles. The summed E-state index contributed by atoms with van der Waals surface area (Å²) in [5, 5.41) is 2.78. The highest BCUT2D eigenvalue weighted by atomic mass is 19.1. The van der Waals surface area contributed by atoms with E-state index < -0.39 is 23.8 Å². The van der Waals surface area contributed by atoms with Crippen LogP contribution in [0.5, 0.6) is 0 Å². The van der Waals surface area contributed by atoms with E-state index in [1.165, 1.54) is 19.2 Å². The smallest absolute Gasteiger partial charge is 0.407 e. The summed E-state index contributed by atoms with van der Waals surface area (Å²) in [6.07, 6.45) is 5.01. The van der Waals surface area contributed by atoms with Crippen LogP contribution in [0.4, 0.5) is 25.0 Å². The standard InChI is InChI=1S/C37H50F2N6O4/c1-5-14-44(35(46)33(42-36(47)48-4)24-10-18-49-19-11-24)23-32-40-29-9-8-25(20-30(29)41-32)31-7-6-15-45(31)26-21-27(38)34(28(39)22-26)43-16-12-37(2,3)13-17-43/h8-9,20-22,24,31,33H,5-7,10-19,23H2,1-4H3,(H,40,41)(H,42,47)/t31-,33?/m1/s1. The van der Waals surface area contributed by atoms with Crippen LogP contribution in [0, 0.1) is 23.0 Å².